The van der Waals surface area contributed by atoms with Gasteiger partial charge in [0.1, 0.15) is 0 Å². The zero-order chi connectivity index (χ0) is 11.8. The largest absolute Gasteiger partial charge is 0.381 e. The molecule has 1 aromatic rings. The van der Waals surface area contributed by atoms with Crippen molar-refractivity contribution in [3.05, 3.63) is 28.2 Å². The van der Waals surface area contributed by atoms with Gasteiger partial charge in [-0.05, 0) is 59.3 Å². The lowest BCUT2D eigenvalue weighted by Gasteiger charge is -2.22. The van der Waals surface area contributed by atoms with Gasteiger partial charge in [-0.2, -0.15) is 5.26 Å². The molecular formula is C13H15BrN2. The van der Waals surface area contributed by atoms with Gasteiger partial charge in [0.05, 0.1) is 11.6 Å². The molecule has 1 atom stereocenters. The van der Waals surface area contributed by atoms with Crippen LogP contribution in [-0.2, 0) is 0 Å². The van der Waals surface area contributed by atoms with Crippen molar-refractivity contribution in [2.24, 2.45) is 5.41 Å². The van der Waals surface area contributed by atoms with E-state index >= 15 is 0 Å². The minimum Gasteiger partial charge on any atom is -0.381 e. The number of nitriles is 1. The Hall–Kier alpha value is -1.01. The minimum absolute atomic E-state index is 0.452. The first-order chi connectivity index (χ1) is 7.55. The number of anilines is 1. The first-order valence-corrected chi connectivity index (χ1v) is 6.31. The number of nitrogens with zero attached hydrogens (tertiary/aromatic N) is 1. The van der Waals surface area contributed by atoms with Gasteiger partial charge in [0.15, 0.2) is 0 Å². The number of nitrogens with one attached hydrogen (secondary N) is 1. The second-order valence-corrected chi connectivity index (χ2v) is 5.68. The molecule has 0 amide bonds. The summed E-state index contributed by atoms with van der Waals surface area (Å²) >= 11 is 3.49. The SMILES string of the molecule is CC(Nc1ccc(C#N)cc1Br)C1(C)CC1. The Labute approximate surface area is 105 Å². The van der Waals surface area contributed by atoms with E-state index in [1.807, 2.05) is 18.2 Å². The summed E-state index contributed by atoms with van der Waals surface area (Å²) in [4.78, 5) is 0. The molecule has 1 aliphatic carbocycles. The number of hydrogen-bond donors (Lipinski definition) is 1. The van der Waals surface area contributed by atoms with Gasteiger partial charge in [0.25, 0.3) is 0 Å². The first kappa shape index (κ1) is 11.5. The Morgan fingerprint density at radius 1 is 1.50 bits per heavy atom. The van der Waals surface area contributed by atoms with Gasteiger partial charge in [0.2, 0.25) is 0 Å². The number of hydrogen-bond acceptors (Lipinski definition) is 2. The fourth-order valence-corrected chi connectivity index (χ4v) is 2.23. The van der Waals surface area contributed by atoms with Crippen molar-refractivity contribution in [1.82, 2.24) is 0 Å². The van der Waals surface area contributed by atoms with E-state index in [0.717, 1.165) is 10.2 Å². The minimum atomic E-state index is 0.452. The van der Waals surface area contributed by atoms with E-state index in [1.54, 1.807) is 0 Å². The average molecular weight is 279 g/mol. The van der Waals surface area contributed by atoms with E-state index in [9.17, 15) is 0 Å². The van der Waals surface area contributed by atoms with Crippen LogP contribution >= 0.6 is 15.9 Å². The third-order valence-electron chi connectivity index (χ3n) is 3.55. The lowest BCUT2D eigenvalue weighted by Crippen LogP contribution is -2.25. The molecule has 1 N–H and O–H groups in total. The van der Waals surface area contributed by atoms with Crippen molar-refractivity contribution in [3.63, 3.8) is 0 Å². The van der Waals surface area contributed by atoms with Gasteiger partial charge in [-0.15, -0.1) is 0 Å². The first-order valence-electron chi connectivity index (χ1n) is 5.51. The maximum Gasteiger partial charge on any atom is 0.0992 e. The molecule has 84 valence electrons. The lowest BCUT2D eigenvalue weighted by molar-refractivity contribution is 0.493. The van der Waals surface area contributed by atoms with Gasteiger partial charge in [-0.1, -0.05) is 6.92 Å². The Morgan fingerprint density at radius 3 is 2.69 bits per heavy atom. The monoisotopic (exact) mass is 278 g/mol. The maximum atomic E-state index is 8.78. The summed E-state index contributed by atoms with van der Waals surface area (Å²) < 4.78 is 0.961. The van der Waals surface area contributed by atoms with Crippen LogP contribution in [0.3, 0.4) is 0 Å². The van der Waals surface area contributed by atoms with Gasteiger partial charge in [-0.25, -0.2) is 0 Å². The Kier molecular flexibility index (Phi) is 2.94. The van der Waals surface area contributed by atoms with Gasteiger partial charge in [-0.3, -0.25) is 0 Å². The maximum absolute atomic E-state index is 8.78. The highest BCUT2D eigenvalue weighted by Gasteiger charge is 2.42. The molecule has 0 radical (unpaired) electrons. The summed E-state index contributed by atoms with van der Waals surface area (Å²) in [5.74, 6) is 0. The van der Waals surface area contributed by atoms with Crippen molar-refractivity contribution < 1.29 is 0 Å². The third kappa shape index (κ3) is 2.22. The second kappa shape index (κ2) is 4.10. The van der Waals surface area contributed by atoms with Gasteiger partial charge >= 0.3 is 0 Å². The van der Waals surface area contributed by atoms with E-state index < -0.39 is 0 Å². The van der Waals surface area contributed by atoms with Crippen LogP contribution in [0.5, 0.6) is 0 Å². The summed E-state index contributed by atoms with van der Waals surface area (Å²) in [5.41, 5.74) is 2.20. The zero-order valence-corrected chi connectivity index (χ0v) is 11.1. The standard InChI is InChI=1S/C13H15BrN2/c1-9(13(2)5-6-13)16-12-4-3-10(8-15)7-11(12)14/h3-4,7,9,16H,5-6H2,1-2H3. The molecule has 1 saturated carbocycles. The molecule has 1 aromatic carbocycles. The molecular weight excluding hydrogens is 264 g/mol. The van der Waals surface area contributed by atoms with E-state index in [4.69, 9.17) is 5.26 Å². The zero-order valence-electron chi connectivity index (χ0n) is 9.55. The van der Waals surface area contributed by atoms with Crippen LogP contribution in [0.2, 0.25) is 0 Å². The molecule has 0 aromatic heterocycles. The van der Waals surface area contributed by atoms with Crippen LogP contribution in [-0.4, -0.2) is 6.04 Å². The molecule has 0 heterocycles. The molecule has 0 spiro atoms. The van der Waals surface area contributed by atoms with Crippen molar-refractivity contribution in [2.75, 3.05) is 5.32 Å². The predicted octanol–water partition coefficient (Wildman–Crippen LogP) is 3.92. The van der Waals surface area contributed by atoms with Gasteiger partial charge in [0, 0.05) is 16.2 Å². The van der Waals surface area contributed by atoms with Crippen LogP contribution in [0.1, 0.15) is 32.3 Å². The molecule has 1 unspecified atom stereocenters. The number of benzene rings is 1. The second-order valence-electron chi connectivity index (χ2n) is 4.83. The Morgan fingerprint density at radius 2 is 2.19 bits per heavy atom. The average Bonchev–Trinajstić information content (AvgIpc) is 3.01. The Bertz CT molecular complexity index is 444. The highest BCUT2D eigenvalue weighted by Crippen LogP contribution is 2.49. The van der Waals surface area contributed by atoms with E-state index in [2.05, 4.69) is 41.2 Å². The molecule has 3 heteroatoms. The summed E-state index contributed by atoms with van der Waals surface area (Å²) in [6.45, 7) is 4.53. The fourth-order valence-electron chi connectivity index (χ4n) is 1.74. The smallest absolute Gasteiger partial charge is 0.0992 e. The van der Waals surface area contributed by atoms with Gasteiger partial charge < -0.3 is 5.32 Å². The summed E-state index contributed by atoms with van der Waals surface area (Å²) in [7, 11) is 0. The van der Waals surface area contributed by atoms with Crippen molar-refractivity contribution >= 4 is 21.6 Å². The third-order valence-corrected chi connectivity index (χ3v) is 4.21. The highest BCUT2D eigenvalue weighted by molar-refractivity contribution is 9.10. The van der Waals surface area contributed by atoms with E-state index in [0.29, 0.717) is 17.0 Å². The normalized spacial score (nSPS) is 18.6. The van der Waals surface area contributed by atoms with Crippen LogP contribution in [0.4, 0.5) is 5.69 Å². The molecule has 1 fully saturated rings. The topological polar surface area (TPSA) is 35.8 Å². The molecule has 0 aliphatic heterocycles. The van der Waals surface area contributed by atoms with E-state index in [-0.39, 0.29) is 0 Å². The summed E-state index contributed by atoms with van der Waals surface area (Å²) in [6.07, 6.45) is 2.60. The van der Waals surface area contributed by atoms with Crippen LogP contribution in [0.25, 0.3) is 0 Å². The quantitative estimate of drug-likeness (QED) is 0.910. The van der Waals surface area contributed by atoms with Crippen molar-refractivity contribution in [2.45, 2.75) is 32.7 Å². The molecule has 1 aliphatic rings. The number of rotatable bonds is 3. The molecule has 2 nitrogen and oxygen atoms in total. The Balaban J connectivity index is 2.13. The fraction of sp³-hybridized carbons (Fsp3) is 0.462. The summed E-state index contributed by atoms with van der Waals surface area (Å²) in [5, 5.41) is 12.3. The summed E-state index contributed by atoms with van der Waals surface area (Å²) in [6, 6.07) is 8.26. The molecule has 0 saturated heterocycles. The van der Waals surface area contributed by atoms with Crippen LogP contribution in [0.15, 0.2) is 22.7 Å². The lowest BCUT2D eigenvalue weighted by atomic mass is 10.0. The molecule has 0 bridgehead atoms. The molecule has 16 heavy (non-hydrogen) atoms. The van der Waals surface area contributed by atoms with Crippen molar-refractivity contribution in [1.29, 1.82) is 5.26 Å². The van der Waals surface area contributed by atoms with E-state index in [1.165, 1.54) is 12.8 Å². The number of halogens is 1. The van der Waals surface area contributed by atoms with Crippen LogP contribution in [0, 0.1) is 16.7 Å². The molecule has 2 rings (SSSR count). The highest BCUT2D eigenvalue weighted by atomic mass is 79.9. The predicted molar refractivity (Wildman–Crippen MR) is 69.3 cm³/mol. The van der Waals surface area contributed by atoms with Crippen molar-refractivity contribution in [3.8, 4) is 6.07 Å². The van der Waals surface area contributed by atoms with Crippen LogP contribution < -0.4 is 5.32 Å².